The molecular formula is C12H10ClN7O. The zero-order valence-corrected chi connectivity index (χ0v) is 11.4. The van der Waals surface area contributed by atoms with Crippen LogP contribution in [0, 0.1) is 0 Å². The molecule has 8 nitrogen and oxygen atoms in total. The number of halogens is 1. The lowest BCUT2D eigenvalue weighted by atomic mass is 10.2. The third-order valence-electron chi connectivity index (χ3n) is 2.84. The van der Waals surface area contributed by atoms with Crippen molar-refractivity contribution in [3.63, 3.8) is 0 Å². The van der Waals surface area contributed by atoms with Gasteiger partial charge in [0.05, 0.1) is 12.9 Å². The number of carbonyl (C=O) groups is 1. The van der Waals surface area contributed by atoms with Crippen molar-refractivity contribution in [1.29, 1.82) is 0 Å². The minimum atomic E-state index is -0.160. The van der Waals surface area contributed by atoms with Gasteiger partial charge in [0.1, 0.15) is 5.69 Å². The predicted octanol–water partition coefficient (Wildman–Crippen LogP) is 1.04. The number of ketones is 1. The van der Waals surface area contributed by atoms with Gasteiger partial charge < -0.3 is 9.99 Å². The van der Waals surface area contributed by atoms with E-state index in [1.807, 2.05) is 0 Å². The summed E-state index contributed by atoms with van der Waals surface area (Å²) >= 11 is 5.83. The van der Waals surface area contributed by atoms with Crippen LogP contribution in [0.3, 0.4) is 0 Å². The van der Waals surface area contributed by atoms with Gasteiger partial charge in [-0.05, 0) is 23.7 Å². The number of rotatable bonds is 4. The van der Waals surface area contributed by atoms with Crippen LogP contribution in [-0.4, -0.2) is 30.3 Å². The van der Waals surface area contributed by atoms with Gasteiger partial charge in [-0.3, -0.25) is 9.78 Å². The number of nitrogens with zero attached hydrogens (tertiary/aromatic N) is 5. The quantitative estimate of drug-likeness (QED) is 0.320. The Morgan fingerprint density at radius 3 is 2.90 bits per heavy atom. The number of nitrogens with one attached hydrogen (secondary N) is 1. The van der Waals surface area contributed by atoms with E-state index in [0.29, 0.717) is 22.7 Å². The third kappa shape index (κ3) is 2.54. The second-order valence-corrected chi connectivity index (χ2v) is 4.51. The van der Waals surface area contributed by atoms with Crippen LogP contribution in [0.25, 0.3) is 11.2 Å². The number of fused-ring (bicyclic) bond motifs is 1. The van der Waals surface area contributed by atoms with E-state index in [1.54, 1.807) is 29.0 Å². The predicted molar refractivity (Wildman–Crippen MR) is 76.7 cm³/mol. The molecule has 0 aliphatic heterocycles. The van der Waals surface area contributed by atoms with E-state index >= 15 is 0 Å². The number of hydrogen-bond donors (Lipinski definition) is 2. The average Bonchev–Trinajstić information content (AvgIpc) is 2.90. The Hall–Kier alpha value is -2.58. The van der Waals surface area contributed by atoms with E-state index < -0.39 is 0 Å². The molecule has 3 heterocycles. The number of Topliss-reactive ketones (excluding diaryl/α,β-unsaturated/α-hetero) is 1. The zero-order chi connectivity index (χ0) is 14.8. The van der Waals surface area contributed by atoms with Crippen molar-refractivity contribution in [2.75, 3.05) is 5.43 Å². The van der Waals surface area contributed by atoms with Gasteiger partial charge >= 0.3 is 0 Å². The molecule has 0 bridgehead atoms. The maximum absolute atomic E-state index is 12.2. The molecule has 0 saturated heterocycles. The summed E-state index contributed by atoms with van der Waals surface area (Å²) in [4.78, 5) is 28.3. The first-order valence-electron chi connectivity index (χ1n) is 5.98. The van der Waals surface area contributed by atoms with Crippen molar-refractivity contribution in [1.82, 2.24) is 24.5 Å². The first kappa shape index (κ1) is 13.4. The number of aromatic nitrogens is 5. The van der Waals surface area contributed by atoms with Crippen LogP contribution in [0.4, 0.5) is 5.82 Å². The smallest absolute Gasteiger partial charge is 0.226 e. The Morgan fingerprint density at radius 1 is 1.33 bits per heavy atom. The van der Waals surface area contributed by atoms with E-state index in [2.05, 4.69) is 25.4 Å². The van der Waals surface area contributed by atoms with Crippen LogP contribution >= 0.6 is 11.6 Å². The Morgan fingerprint density at radius 2 is 2.19 bits per heavy atom. The molecule has 0 aliphatic carbocycles. The summed E-state index contributed by atoms with van der Waals surface area (Å²) in [6, 6.07) is 5.15. The van der Waals surface area contributed by atoms with Crippen molar-refractivity contribution in [3.8, 4) is 0 Å². The van der Waals surface area contributed by atoms with Crippen LogP contribution in [0.15, 0.2) is 30.7 Å². The molecule has 0 atom stereocenters. The topological polar surface area (TPSA) is 112 Å². The van der Waals surface area contributed by atoms with Crippen molar-refractivity contribution in [2.45, 2.75) is 6.54 Å². The maximum atomic E-state index is 12.2. The van der Waals surface area contributed by atoms with Crippen LogP contribution in [-0.2, 0) is 6.54 Å². The molecule has 0 aromatic carbocycles. The zero-order valence-electron chi connectivity index (χ0n) is 10.7. The molecular weight excluding hydrogens is 294 g/mol. The second-order valence-electron chi connectivity index (χ2n) is 4.17. The summed E-state index contributed by atoms with van der Waals surface area (Å²) in [5.41, 5.74) is 3.64. The van der Waals surface area contributed by atoms with Gasteiger partial charge in [0.25, 0.3) is 0 Å². The highest BCUT2D eigenvalue weighted by atomic mass is 35.5. The molecule has 0 saturated carbocycles. The maximum Gasteiger partial charge on any atom is 0.226 e. The normalized spacial score (nSPS) is 10.8. The Kier molecular flexibility index (Phi) is 3.46. The van der Waals surface area contributed by atoms with Gasteiger partial charge in [-0.2, -0.15) is 9.97 Å². The molecule has 21 heavy (non-hydrogen) atoms. The van der Waals surface area contributed by atoms with E-state index in [1.165, 1.54) is 6.33 Å². The van der Waals surface area contributed by atoms with Gasteiger partial charge in [0.2, 0.25) is 11.1 Å². The summed E-state index contributed by atoms with van der Waals surface area (Å²) in [6.07, 6.45) is 3.05. The molecule has 3 N–H and O–H groups in total. The first-order valence-corrected chi connectivity index (χ1v) is 6.36. The minimum absolute atomic E-state index is 0.0162. The Bertz CT molecular complexity index is 802. The lowest BCUT2D eigenvalue weighted by Crippen LogP contribution is -2.12. The lowest BCUT2D eigenvalue weighted by Gasteiger charge is -2.04. The largest absolute Gasteiger partial charge is 0.307 e. The van der Waals surface area contributed by atoms with Gasteiger partial charge in [0.15, 0.2) is 17.0 Å². The third-order valence-corrected chi connectivity index (χ3v) is 3.01. The van der Waals surface area contributed by atoms with Crippen LogP contribution in [0.2, 0.25) is 5.28 Å². The Labute approximate surface area is 124 Å². The lowest BCUT2D eigenvalue weighted by molar-refractivity contribution is 0.0968. The molecule has 0 fully saturated rings. The minimum Gasteiger partial charge on any atom is -0.307 e. The SMILES string of the molecule is NNc1nc(Cl)nc2c1ncn2CC(=O)c1ccccn1. The standard InChI is InChI=1S/C12H10ClN7O/c13-12-17-10(19-14)9-11(18-12)20(6-16-9)5-8(21)7-3-1-2-4-15-7/h1-4,6H,5,14H2,(H,17,18,19). The summed E-state index contributed by atoms with van der Waals surface area (Å²) < 4.78 is 1.57. The summed E-state index contributed by atoms with van der Waals surface area (Å²) in [6.45, 7) is 0.0465. The van der Waals surface area contributed by atoms with Crippen LogP contribution in [0.5, 0.6) is 0 Å². The van der Waals surface area contributed by atoms with Crippen molar-refractivity contribution in [3.05, 3.63) is 41.7 Å². The molecule has 106 valence electrons. The average molecular weight is 304 g/mol. The summed E-state index contributed by atoms with van der Waals surface area (Å²) in [5.74, 6) is 5.50. The highest BCUT2D eigenvalue weighted by Gasteiger charge is 2.15. The number of hydrazine groups is 1. The molecule has 0 spiro atoms. The molecule has 0 amide bonds. The number of carbonyl (C=O) groups excluding carboxylic acids is 1. The van der Waals surface area contributed by atoms with Gasteiger partial charge in [-0.25, -0.2) is 10.8 Å². The highest BCUT2D eigenvalue weighted by Crippen LogP contribution is 2.20. The van der Waals surface area contributed by atoms with Crippen molar-refractivity contribution >= 4 is 34.4 Å². The van der Waals surface area contributed by atoms with E-state index in [4.69, 9.17) is 17.4 Å². The summed E-state index contributed by atoms with van der Waals surface area (Å²) in [7, 11) is 0. The molecule has 9 heteroatoms. The summed E-state index contributed by atoms with van der Waals surface area (Å²) in [5, 5.41) is 0.0162. The number of nitrogen functional groups attached to an aromatic ring is 1. The number of hydrogen-bond acceptors (Lipinski definition) is 7. The first-order chi connectivity index (χ1) is 10.2. The van der Waals surface area contributed by atoms with Crippen molar-refractivity contribution < 1.29 is 4.79 Å². The fourth-order valence-corrected chi connectivity index (χ4v) is 2.06. The molecule has 3 aromatic heterocycles. The number of anilines is 1. The van der Waals surface area contributed by atoms with E-state index in [9.17, 15) is 4.79 Å². The number of imidazole rings is 1. The molecule has 0 radical (unpaired) electrons. The van der Waals surface area contributed by atoms with Crippen molar-refractivity contribution in [2.24, 2.45) is 5.84 Å². The molecule has 3 rings (SSSR count). The van der Waals surface area contributed by atoms with Crippen LogP contribution in [0.1, 0.15) is 10.5 Å². The van der Waals surface area contributed by atoms with Gasteiger partial charge in [-0.15, -0.1) is 0 Å². The Balaban J connectivity index is 1.98. The fourth-order valence-electron chi connectivity index (χ4n) is 1.90. The fraction of sp³-hybridized carbons (Fsp3) is 0.0833. The van der Waals surface area contributed by atoms with E-state index in [-0.39, 0.29) is 17.6 Å². The highest BCUT2D eigenvalue weighted by molar-refractivity contribution is 6.28. The molecule has 3 aromatic rings. The second kappa shape index (κ2) is 5.43. The van der Waals surface area contributed by atoms with Crippen LogP contribution < -0.4 is 11.3 Å². The van der Waals surface area contributed by atoms with E-state index in [0.717, 1.165) is 0 Å². The number of pyridine rings is 1. The monoisotopic (exact) mass is 303 g/mol. The molecule has 0 aliphatic rings. The van der Waals surface area contributed by atoms with Gasteiger partial charge in [0, 0.05) is 6.20 Å². The van der Waals surface area contributed by atoms with Gasteiger partial charge in [-0.1, -0.05) is 6.07 Å². The number of nitrogens with two attached hydrogens (primary N) is 1. The molecule has 0 unspecified atom stereocenters.